The van der Waals surface area contributed by atoms with Crippen LogP contribution in [0.2, 0.25) is 5.82 Å². The monoisotopic (exact) mass is 1700 g/mol. The summed E-state index contributed by atoms with van der Waals surface area (Å²) in [7, 11) is 4.40. The molecule has 4 aliphatic rings. The van der Waals surface area contributed by atoms with E-state index < -0.39 is 9.85 Å². The van der Waals surface area contributed by atoms with E-state index in [9.17, 15) is 34.6 Å². The summed E-state index contributed by atoms with van der Waals surface area (Å²) in [5.74, 6) is 0.930. The van der Waals surface area contributed by atoms with Crippen LogP contribution in [0.1, 0.15) is 77.1 Å². The van der Waals surface area contributed by atoms with Gasteiger partial charge < -0.3 is 43.9 Å². The number of piperidine rings is 2. The standard InChI is InChI=1S/C12H22B2NO3.C11H11BN3O3.C11H15BN3O.C5H3BrN2O2.I5.4K/c1-11(2)12(3,4)18-14(17-11)10-5-7-15(8-6-10)13-9-16;16-8-12-14-5-3-9(4-6-14)11-2-1-10(7-13-11)15(17)18;13-10-1-2-11(14-7-10)9-3-5-15(6-4-9)12-8-16;6-5-2-1-4(3-7-5)8(9)10;1-4-5(2)3;;;;/h9-10H,5-8H2,1-4H3;1-3,7-8H,4-6H2;1-2,7-9H,3-6,13H2;1-3H;;;;;/q;;;;-1;;;;. The Kier molecular flexibility index (Phi) is 45.4. The molecule has 7 rings (SSSR count). The third-order valence-electron chi connectivity index (χ3n) is 11.3. The van der Waals surface area contributed by atoms with Gasteiger partial charge in [0.15, 0.2) is 0 Å². The molecular weight excluding hydrogens is 1650 g/mol. The topological polar surface area (TPSA) is 230 Å². The van der Waals surface area contributed by atoms with Gasteiger partial charge in [-0.3, -0.25) is 25.2 Å². The van der Waals surface area contributed by atoms with Crippen LogP contribution < -0.4 is 19.0 Å². The van der Waals surface area contributed by atoms with Gasteiger partial charge in [-0.2, -0.15) is 0 Å². The third-order valence-corrected chi connectivity index (χ3v) is 94.4. The van der Waals surface area contributed by atoms with Crippen LogP contribution in [-0.2, 0) is 23.7 Å². The van der Waals surface area contributed by atoms with E-state index in [0.717, 1.165) is 100 Å². The normalized spacial score (nSPS) is 17.7. The molecule has 3 aromatic rings. The first-order valence-corrected chi connectivity index (χ1v) is 80.8. The second-order valence-corrected chi connectivity index (χ2v) is 81.9. The number of nitrogen functional groups attached to an aromatic ring is 1. The molecule has 32 heteroatoms. The predicted molar refractivity (Wildman–Crippen MR) is 323 cm³/mol. The van der Waals surface area contributed by atoms with Crippen molar-refractivity contribution in [1.29, 1.82) is 0 Å². The van der Waals surface area contributed by atoms with E-state index >= 15 is 0 Å². The van der Waals surface area contributed by atoms with Gasteiger partial charge in [-0.1, -0.05) is 6.08 Å². The van der Waals surface area contributed by atoms with Crippen molar-refractivity contribution in [2.45, 2.75) is 82.7 Å². The van der Waals surface area contributed by atoms with Crippen molar-refractivity contribution in [3.05, 3.63) is 97.3 Å². The first-order chi connectivity index (χ1) is 33.8. The molecule has 3 aromatic heterocycles. The summed E-state index contributed by atoms with van der Waals surface area (Å²) in [6, 6.07) is 9.91. The van der Waals surface area contributed by atoms with Crippen molar-refractivity contribution in [2.24, 2.45) is 0 Å². The molecule has 0 atom stereocenters. The van der Waals surface area contributed by atoms with E-state index in [1.807, 2.05) is 23.0 Å². The molecule has 3 radical (unpaired) electrons. The van der Waals surface area contributed by atoms with Gasteiger partial charge in [-0.25, -0.2) is 9.97 Å². The molecule has 0 saturated carbocycles. The second kappa shape index (κ2) is 43.2. The summed E-state index contributed by atoms with van der Waals surface area (Å²) in [4.78, 5) is 68.9. The summed E-state index contributed by atoms with van der Waals surface area (Å²) in [6.07, 6.45) is 13.5. The van der Waals surface area contributed by atoms with Crippen molar-refractivity contribution in [2.75, 3.05) is 45.0 Å². The molecule has 18 nitrogen and oxygen atoms in total. The Bertz CT molecular complexity index is 2050. The van der Waals surface area contributed by atoms with Crippen LogP contribution >= 0.6 is 79.7 Å². The number of hydrogen-bond donors (Lipinski definition) is 1. The van der Waals surface area contributed by atoms with Crippen LogP contribution in [0.25, 0.3) is 5.57 Å². The molecule has 4 aliphatic heterocycles. The van der Waals surface area contributed by atoms with Crippen LogP contribution in [0.15, 0.2) is 65.7 Å². The maximum atomic E-state index is 10.5. The fourth-order valence-corrected chi connectivity index (χ4v) is 7.13. The molecule has 365 valence electrons. The van der Waals surface area contributed by atoms with E-state index in [0.29, 0.717) is 41.8 Å². The van der Waals surface area contributed by atoms with E-state index in [2.05, 4.69) is 124 Å². The number of halogens is 6. The number of carbonyl (C=O) groups is 3. The Morgan fingerprint density at radius 3 is 1.63 bits per heavy atom. The van der Waals surface area contributed by atoms with Gasteiger partial charge in [0.1, 0.15) is 17.0 Å². The number of pyridine rings is 3. The van der Waals surface area contributed by atoms with Crippen molar-refractivity contribution in [3.63, 3.8) is 0 Å². The number of hydrogen-bond acceptors (Lipinski definition) is 16. The van der Waals surface area contributed by atoms with Crippen LogP contribution in [0, 0.1) is 20.2 Å². The molecule has 71 heavy (non-hydrogen) atoms. The van der Waals surface area contributed by atoms with Crippen LogP contribution in [0.5, 0.6) is 0 Å². The molecular formula is C39H51B4BrI5K4N9O9-. The van der Waals surface area contributed by atoms with E-state index in [-0.39, 0.29) is 37.6 Å². The minimum atomic E-state index is -0.487. The second-order valence-electron chi connectivity index (χ2n) is 16.1. The Balaban J connectivity index is 0.000000454. The van der Waals surface area contributed by atoms with E-state index in [4.69, 9.17) is 15.0 Å². The van der Waals surface area contributed by atoms with Crippen molar-refractivity contribution in [3.8, 4) is 0 Å². The van der Waals surface area contributed by atoms with Gasteiger partial charge in [-0.05, 0) is 144 Å². The molecule has 0 amide bonds. The fraction of sp³-hybridized carbons (Fsp3) is 0.487. The number of nitro groups is 2. The molecule has 3 fully saturated rings. The van der Waals surface area contributed by atoms with Gasteiger partial charge >= 0.3 is 210 Å². The van der Waals surface area contributed by atoms with Crippen molar-refractivity contribution in [1.82, 2.24) is 29.4 Å². The fourth-order valence-electron chi connectivity index (χ4n) is 6.90. The predicted octanol–water partition coefficient (Wildman–Crippen LogP) is 3.67. The van der Waals surface area contributed by atoms with Crippen LogP contribution in [0.3, 0.4) is 0 Å². The molecule has 0 bridgehead atoms. The molecule has 0 unspecified atom stereocenters. The number of rotatable bonds is 12. The summed E-state index contributed by atoms with van der Waals surface area (Å²) >= 11 is 16.4. The number of anilines is 1. The summed E-state index contributed by atoms with van der Waals surface area (Å²) in [5, 5.41) is 20.6. The SMILES string of the molecule is CC1(C)OB(C2CCN([B]C=O)CC2)OC1(C)C.I[I-]I(I)I.Nc1ccc(C2CCN([B]C=O)CC2)nc1.O=C[B]N1CC=C(c2ccc([N+](=O)[O-])cn2)CC1.O=[N+]([O-])c1ccc(Br)nc1.[K][K].[K][K]. The number of nitrogens with two attached hydrogens (primary N) is 1. The maximum absolute atomic E-state index is 10.5. The van der Waals surface area contributed by atoms with Gasteiger partial charge in [0.2, 0.25) is 0 Å². The zero-order chi connectivity index (χ0) is 53.6. The van der Waals surface area contributed by atoms with E-state index in [1.54, 1.807) is 27.1 Å². The molecule has 7 heterocycles. The van der Waals surface area contributed by atoms with Crippen LogP contribution in [0.4, 0.5) is 17.1 Å². The molecule has 0 aromatic carbocycles. The first kappa shape index (κ1) is 74.5. The number of nitrogens with zero attached hydrogens (tertiary/aromatic N) is 8. The summed E-state index contributed by atoms with van der Waals surface area (Å²) in [5.41, 5.74) is 8.73. The Morgan fingerprint density at radius 1 is 0.775 bits per heavy atom. The molecule has 2 N–H and O–H groups in total. The average Bonchev–Trinajstić information content (AvgIpc) is 3.60. The Morgan fingerprint density at radius 2 is 1.25 bits per heavy atom. The quantitative estimate of drug-likeness (QED) is 0.0681. The molecule has 0 aliphatic carbocycles. The minimum absolute atomic E-state index is 0.00296. The van der Waals surface area contributed by atoms with Crippen molar-refractivity contribution < 1.29 is 46.8 Å². The molecule has 0 spiro atoms. The summed E-state index contributed by atoms with van der Waals surface area (Å²) in [6.45, 7) is 13.4. The van der Waals surface area contributed by atoms with Gasteiger partial charge in [0.05, 0.1) is 57.2 Å². The van der Waals surface area contributed by atoms with Gasteiger partial charge in [0.25, 0.3) is 33.6 Å². The van der Waals surface area contributed by atoms with Crippen LogP contribution in [-0.4, -0.2) is 264 Å². The Labute approximate surface area is 562 Å². The van der Waals surface area contributed by atoms with Crippen molar-refractivity contribution >= 4 is 277 Å². The van der Waals surface area contributed by atoms with E-state index in [1.165, 1.54) is 164 Å². The zero-order valence-corrected chi connectivity index (χ0v) is 66.2. The average molecular weight is 1700 g/mol. The third kappa shape index (κ3) is 30.6. The number of carbonyl (C=O) groups excluding carboxylic acids is 3. The van der Waals surface area contributed by atoms with Gasteiger partial charge in [-0.15, -0.1) is 0 Å². The Hall–Kier alpha value is 5.54. The molecule has 3 saturated heterocycles. The first-order valence-electron chi connectivity index (χ1n) is 22.8. The zero-order valence-electron chi connectivity index (χ0n) is 41.3. The summed E-state index contributed by atoms with van der Waals surface area (Å²) < 4.78 is 12.8. The van der Waals surface area contributed by atoms with Gasteiger partial charge in [0, 0.05) is 30.3 Å². The number of aromatic nitrogens is 3.